The number of ether oxygens (including phenoxy) is 2. The number of benzene rings is 2. The molecule has 0 fully saturated rings. The Morgan fingerprint density at radius 1 is 1.04 bits per heavy atom. The summed E-state index contributed by atoms with van der Waals surface area (Å²) in [5.41, 5.74) is 3.07. The summed E-state index contributed by atoms with van der Waals surface area (Å²) in [5, 5.41) is 2.95. The molecule has 0 aromatic heterocycles. The lowest BCUT2D eigenvalue weighted by Gasteiger charge is -2.13. The maximum atomic E-state index is 12.0. The summed E-state index contributed by atoms with van der Waals surface area (Å²) in [6, 6.07) is 13.6. The predicted molar refractivity (Wildman–Crippen MR) is 91.1 cm³/mol. The normalized spacial score (nSPS) is 10.2. The van der Waals surface area contributed by atoms with E-state index in [1.165, 1.54) is 0 Å². The Morgan fingerprint density at radius 2 is 1.74 bits per heavy atom. The van der Waals surface area contributed by atoms with Gasteiger partial charge in [-0.3, -0.25) is 4.79 Å². The van der Waals surface area contributed by atoms with Crippen LogP contribution in [-0.4, -0.2) is 26.7 Å². The van der Waals surface area contributed by atoms with Crippen molar-refractivity contribution in [3.63, 3.8) is 0 Å². The van der Waals surface area contributed by atoms with E-state index in [1.54, 1.807) is 14.2 Å². The van der Waals surface area contributed by atoms with Crippen molar-refractivity contribution in [1.29, 1.82) is 0 Å². The molecule has 0 heterocycles. The zero-order chi connectivity index (χ0) is 16.7. The van der Waals surface area contributed by atoms with Crippen molar-refractivity contribution in [2.45, 2.75) is 19.8 Å². The van der Waals surface area contributed by atoms with E-state index in [9.17, 15) is 4.79 Å². The molecule has 2 rings (SSSR count). The summed E-state index contributed by atoms with van der Waals surface area (Å²) >= 11 is 0. The predicted octanol–water partition coefficient (Wildman–Crippen LogP) is 2.91. The largest absolute Gasteiger partial charge is 0.496 e. The van der Waals surface area contributed by atoms with Crippen LogP contribution in [0.2, 0.25) is 0 Å². The molecule has 23 heavy (non-hydrogen) atoms. The van der Waals surface area contributed by atoms with E-state index in [-0.39, 0.29) is 5.91 Å². The molecule has 0 saturated heterocycles. The van der Waals surface area contributed by atoms with Crippen molar-refractivity contribution >= 4 is 5.91 Å². The Balaban J connectivity index is 1.92. The van der Waals surface area contributed by atoms with Crippen LogP contribution in [-0.2, 0) is 17.6 Å². The Hall–Kier alpha value is -2.49. The quantitative estimate of drug-likeness (QED) is 0.855. The maximum absolute atomic E-state index is 12.0. The number of carbonyl (C=O) groups is 1. The second kappa shape index (κ2) is 8.22. The molecule has 4 nitrogen and oxygen atoms in total. The van der Waals surface area contributed by atoms with Gasteiger partial charge in [0.1, 0.15) is 11.5 Å². The van der Waals surface area contributed by atoms with Gasteiger partial charge in [0, 0.05) is 6.54 Å². The van der Waals surface area contributed by atoms with Crippen LogP contribution in [0.1, 0.15) is 16.7 Å². The van der Waals surface area contributed by atoms with Gasteiger partial charge in [-0.15, -0.1) is 0 Å². The third-order valence-electron chi connectivity index (χ3n) is 3.72. The van der Waals surface area contributed by atoms with E-state index in [4.69, 9.17) is 9.47 Å². The van der Waals surface area contributed by atoms with Gasteiger partial charge in [-0.1, -0.05) is 30.3 Å². The summed E-state index contributed by atoms with van der Waals surface area (Å²) in [7, 11) is 3.30. The smallest absolute Gasteiger partial charge is 0.224 e. The molecule has 0 aliphatic heterocycles. The van der Waals surface area contributed by atoms with Crippen molar-refractivity contribution in [3.05, 3.63) is 59.2 Å². The Kier molecular flexibility index (Phi) is 6.03. The molecule has 2 aromatic carbocycles. The van der Waals surface area contributed by atoms with Crippen molar-refractivity contribution in [2.24, 2.45) is 0 Å². The summed E-state index contributed by atoms with van der Waals surface area (Å²) < 4.78 is 10.8. The van der Waals surface area contributed by atoms with E-state index in [2.05, 4.69) is 5.32 Å². The van der Waals surface area contributed by atoms with Crippen LogP contribution in [0.25, 0.3) is 0 Å². The van der Waals surface area contributed by atoms with Gasteiger partial charge in [-0.25, -0.2) is 0 Å². The zero-order valence-corrected chi connectivity index (χ0v) is 13.9. The van der Waals surface area contributed by atoms with Crippen molar-refractivity contribution in [3.8, 4) is 11.5 Å². The highest BCUT2D eigenvalue weighted by Gasteiger charge is 2.09. The lowest BCUT2D eigenvalue weighted by molar-refractivity contribution is -0.120. The zero-order valence-electron chi connectivity index (χ0n) is 13.9. The van der Waals surface area contributed by atoms with Gasteiger partial charge in [0.15, 0.2) is 0 Å². The molecular weight excluding hydrogens is 290 g/mol. The highest BCUT2D eigenvalue weighted by Crippen LogP contribution is 2.28. The number of carbonyl (C=O) groups excluding carboxylic acids is 1. The molecule has 0 atom stereocenters. The van der Waals surface area contributed by atoms with Crippen molar-refractivity contribution in [1.82, 2.24) is 5.32 Å². The fraction of sp³-hybridized carbons (Fsp3) is 0.316. The van der Waals surface area contributed by atoms with Crippen LogP contribution in [0.3, 0.4) is 0 Å². The second-order valence-corrected chi connectivity index (χ2v) is 5.40. The molecule has 1 amide bonds. The minimum Gasteiger partial charge on any atom is -0.496 e. The Morgan fingerprint density at radius 3 is 2.39 bits per heavy atom. The standard InChI is InChI=1S/C19H23NO3/c1-14-11-18(23-3)16(13-17(14)22-2)9-10-20-19(21)12-15-7-5-4-6-8-15/h4-8,11,13H,9-10,12H2,1-3H3,(H,20,21). The number of hydrogen-bond donors (Lipinski definition) is 1. The van der Waals surface area contributed by atoms with E-state index in [0.29, 0.717) is 19.4 Å². The van der Waals surface area contributed by atoms with Crippen LogP contribution in [0.5, 0.6) is 11.5 Å². The number of nitrogens with one attached hydrogen (secondary N) is 1. The van der Waals surface area contributed by atoms with E-state index in [0.717, 1.165) is 28.2 Å². The van der Waals surface area contributed by atoms with Crippen LogP contribution in [0.15, 0.2) is 42.5 Å². The lowest BCUT2D eigenvalue weighted by atomic mass is 10.1. The molecule has 2 aromatic rings. The van der Waals surface area contributed by atoms with E-state index >= 15 is 0 Å². The molecular formula is C19H23NO3. The fourth-order valence-electron chi connectivity index (χ4n) is 2.49. The first kappa shape index (κ1) is 16.9. The molecule has 122 valence electrons. The molecule has 0 saturated carbocycles. The molecule has 0 bridgehead atoms. The average molecular weight is 313 g/mol. The van der Waals surface area contributed by atoms with Gasteiger partial charge in [-0.2, -0.15) is 0 Å². The first-order valence-corrected chi connectivity index (χ1v) is 7.66. The third-order valence-corrected chi connectivity index (χ3v) is 3.72. The Labute approximate surface area is 137 Å². The number of rotatable bonds is 7. The molecule has 0 unspecified atom stereocenters. The number of hydrogen-bond acceptors (Lipinski definition) is 3. The van der Waals surface area contributed by atoms with Gasteiger partial charge >= 0.3 is 0 Å². The molecule has 1 N–H and O–H groups in total. The van der Waals surface area contributed by atoms with Crippen LogP contribution < -0.4 is 14.8 Å². The number of aryl methyl sites for hydroxylation is 1. The fourth-order valence-corrected chi connectivity index (χ4v) is 2.49. The SMILES string of the molecule is COc1cc(CCNC(=O)Cc2ccccc2)c(OC)cc1C. The monoisotopic (exact) mass is 313 g/mol. The number of amides is 1. The topological polar surface area (TPSA) is 47.6 Å². The summed E-state index contributed by atoms with van der Waals surface area (Å²) in [4.78, 5) is 12.0. The highest BCUT2D eigenvalue weighted by molar-refractivity contribution is 5.78. The first-order valence-electron chi connectivity index (χ1n) is 7.66. The van der Waals surface area contributed by atoms with Crippen molar-refractivity contribution in [2.75, 3.05) is 20.8 Å². The second-order valence-electron chi connectivity index (χ2n) is 5.40. The lowest BCUT2D eigenvalue weighted by Crippen LogP contribution is -2.27. The van der Waals surface area contributed by atoms with Gasteiger partial charge in [0.05, 0.1) is 20.6 Å². The van der Waals surface area contributed by atoms with Gasteiger partial charge in [0.25, 0.3) is 0 Å². The molecule has 0 aliphatic carbocycles. The van der Waals surface area contributed by atoms with Crippen LogP contribution >= 0.6 is 0 Å². The van der Waals surface area contributed by atoms with Crippen LogP contribution in [0, 0.1) is 6.92 Å². The van der Waals surface area contributed by atoms with Crippen molar-refractivity contribution < 1.29 is 14.3 Å². The minimum absolute atomic E-state index is 0.0224. The third kappa shape index (κ3) is 4.74. The minimum atomic E-state index is 0.0224. The van der Waals surface area contributed by atoms with Gasteiger partial charge < -0.3 is 14.8 Å². The maximum Gasteiger partial charge on any atom is 0.224 e. The highest BCUT2D eigenvalue weighted by atomic mass is 16.5. The number of methoxy groups -OCH3 is 2. The van der Waals surface area contributed by atoms with E-state index < -0.39 is 0 Å². The molecule has 0 aliphatic rings. The summed E-state index contributed by atoms with van der Waals surface area (Å²) in [5.74, 6) is 1.67. The van der Waals surface area contributed by atoms with Gasteiger partial charge in [-0.05, 0) is 42.2 Å². The van der Waals surface area contributed by atoms with Gasteiger partial charge in [0.2, 0.25) is 5.91 Å². The average Bonchev–Trinajstić information content (AvgIpc) is 2.56. The van der Waals surface area contributed by atoms with E-state index in [1.807, 2.05) is 49.4 Å². The molecule has 0 radical (unpaired) electrons. The summed E-state index contributed by atoms with van der Waals surface area (Å²) in [6.07, 6.45) is 1.09. The first-order chi connectivity index (χ1) is 11.1. The molecule has 4 heteroatoms. The molecule has 0 spiro atoms. The van der Waals surface area contributed by atoms with Crippen LogP contribution in [0.4, 0.5) is 0 Å². The Bertz CT molecular complexity index is 653. The summed E-state index contributed by atoms with van der Waals surface area (Å²) in [6.45, 7) is 2.54.